The maximum Gasteiger partial charge on any atom is 0.439 e. The summed E-state index contributed by atoms with van der Waals surface area (Å²) in [5.41, 5.74) is 4.22. The Balaban J connectivity index is 1.60. The number of benzene rings is 2. The van der Waals surface area contributed by atoms with Crippen molar-refractivity contribution in [2.45, 2.75) is 6.42 Å². The standard InChI is InChI=1S/C22H17N3O4/c1-27-14-7-9-16-17(20(23-18(16)12-14)13-5-3-2-4-6-13)11-15-8-10-19(28-15)21-24-22(26)29-25-21/h2-10,12,23H,11H2,1H3,(H,24,25,26). The van der Waals surface area contributed by atoms with E-state index in [1.807, 2.05) is 42.5 Å². The average Bonchev–Trinajstić information content (AvgIpc) is 3.47. The second kappa shape index (κ2) is 6.87. The van der Waals surface area contributed by atoms with E-state index in [1.54, 1.807) is 13.2 Å². The van der Waals surface area contributed by atoms with Crippen molar-refractivity contribution in [3.8, 4) is 28.6 Å². The molecule has 7 heteroatoms. The molecule has 3 aromatic heterocycles. The summed E-state index contributed by atoms with van der Waals surface area (Å²) in [5.74, 6) is 1.65. The molecule has 7 nitrogen and oxygen atoms in total. The molecule has 0 unspecified atom stereocenters. The molecule has 0 bridgehead atoms. The van der Waals surface area contributed by atoms with Gasteiger partial charge in [-0.15, -0.1) is 0 Å². The zero-order valence-corrected chi connectivity index (χ0v) is 15.6. The Morgan fingerprint density at radius 3 is 2.66 bits per heavy atom. The van der Waals surface area contributed by atoms with E-state index in [2.05, 4.69) is 31.8 Å². The number of hydrogen-bond donors (Lipinski definition) is 2. The third-order valence-electron chi connectivity index (χ3n) is 4.86. The number of furan rings is 1. The smallest absolute Gasteiger partial charge is 0.439 e. The second-order valence-electron chi connectivity index (χ2n) is 6.64. The Bertz CT molecular complexity index is 1340. The molecule has 0 amide bonds. The van der Waals surface area contributed by atoms with Gasteiger partial charge in [-0.3, -0.25) is 9.51 Å². The van der Waals surface area contributed by atoms with Gasteiger partial charge in [0.1, 0.15) is 11.5 Å². The highest BCUT2D eigenvalue weighted by Crippen LogP contribution is 2.34. The molecule has 0 fully saturated rings. The number of ether oxygens (including phenoxy) is 1. The molecule has 3 heterocycles. The van der Waals surface area contributed by atoms with Crippen LogP contribution in [0.4, 0.5) is 0 Å². The van der Waals surface area contributed by atoms with E-state index >= 15 is 0 Å². The van der Waals surface area contributed by atoms with Gasteiger partial charge in [0, 0.05) is 23.4 Å². The average molecular weight is 387 g/mol. The molecule has 0 radical (unpaired) electrons. The first kappa shape index (κ1) is 17.1. The molecule has 0 atom stereocenters. The Morgan fingerprint density at radius 1 is 1.03 bits per heavy atom. The highest BCUT2D eigenvalue weighted by Gasteiger charge is 2.17. The van der Waals surface area contributed by atoms with Crippen LogP contribution in [-0.4, -0.2) is 22.2 Å². The number of H-pyrrole nitrogens is 2. The zero-order chi connectivity index (χ0) is 19.8. The van der Waals surface area contributed by atoms with Crippen molar-refractivity contribution >= 4 is 10.9 Å². The molecule has 144 valence electrons. The molecule has 0 aliphatic heterocycles. The van der Waals surface area contributed by atoms with Crippen molar-refractivity contribution in [2.24, 2.45) is 0 Å². The van der Waals surface area contributed by atoms with Crippen molar-refractivity contribution < 1.29 is 13.7 Å². The van der Waals surface area contributed by atoms with Crippen LogP contribution in [0.2, 0.25) is 0 Å². The quantitative estimate of drug-likeness (QED) is 0.467. The summed E-state index contributed by atoms with van der Waals surface area (Å²) in [7, 11) is 1.65. The maximum absolute atomic E-state index is 11.2. The van der Waals surface area contributed by atoms with Gasteiger partial charge >= 0.3 is 5.76 Å². The zero-order valence-electron chi connectivity index (χ0n) is 15.6. The lowest BCUT2D eigenvalue weighted by Crippen LogP contribution is -1.94. The second-order valence-corrected chi connectivity index (χ2v) is 6.64. The molecule has 0 spiro atoms. The molecule has 5 rings (SSSR count). The molecule has 0 saturated heterocycles. The van der Waals surface area contributed by atoms with E-state index in [0.29, 0.717) is 12.2 Å². The fourth-order valence-electron chi connectivity index (χ4n) is 3.51. The van der Waals surface area contributed by atoms with Crippen LogP contribution in [0.15, 0.2) is 74.4 Å². The highest BCUT2D eigenvalue weighted by atomic mass is 16.5. The van der Waals surface area contributed by atoms with Crippen LogP contribution in [0.3, 0.4) is 0 Å². The summed E-state index contributed by atoms with van der Waals surface area (Å²) in [6, 6.07) is 19.8. The number of aromatic amines is 2. The number of methoxy groups -OCH3 is 1. The summed E-state index contributed by atoms with van der Waals surface area (Å²) in [4.78, 5) is 17.2. The lowest BCUT2D eigenvalue weighted by molar-refractivity contribution is 0.386. The van der Waals surface area contributed by atoms with Crippen LogP contribution in [0, 0.1) is 0 Å². The predicted molar refractivity (Wildman–Crippen MR) is 108 cm³/mol. The van der Waals surface area contributed by atoms with Gasteiger partial charge in [-0.1, -0.05) is 35.5 Å². The number of nitrogens with one attached hydrogen (secondary N) is 2. The third-order valence-corrected chi connectivity index (χ3v) is 4.86. The lowest BCUT2D eigenvalue weighted by Gasteiger charge is -2.04. The molecule has 2 aromatic carbocycles. The van der Waals surface area contributed by atoms with Crippen molar-refractivity contribution in [1.82, 2.24) is 15.1 Å². The minimum absolute atomic E-state index is 0.271. The predicted octanol–water partition coefficient (Wildman–Crippen LogP) is 4.37. The summed E-state index contributed by atoms with van der Waals surface area (Å²) in [5, 5.41) is 4.77. The molecule has 0 aliphatic carbocycles. The highest BCUT2D eigenvalue weighted by molar-refractivity contribution is 5.92. The van der Waals surface area contributed by atoms with Crippen molar-refractivity contribution in [1.29, 1.82) is 0 Å². The normalized spacial score (nSPS) is 11.2. The number of nitrogens with zero attached hydrogens (tertiary/aromatic N) is 1. The topological polar surface area (TPSA) is 97.1 Å². The maximum atomic E-state index is 11.2. The minimum Gasteiger partial charge on any atom is -0.497 e. The van der Waals surface area contributed by atoms with Crippen molar-refractivity contribution in [2.75, 3.05) is 7.11 Å². The third kappa shape index (κ3) is 3.12. The van der Waals surface area contributed by atoms with E-state index in [0.717, 1.165) is 39.2 Å². The molecule has 29 heavy (non-hydrogen) atoms. The summed E-state index contributed by atoms with van der Waals surface area (Å²) in [6.07, 6.45) is 0.568. The van der Waals surface area contributed by atoms with Crippen LogP contribution in [0.5, 0.6) is 5.75 Å². The fraction of sp³-hybridized carbons (Fsp3) is 0.0909. The first-order valence-electron chi connectivity index (χ1n) is 9.10. The minimum atomic E-state index is -0.616. The van der Waals surface area contributed by atoms with Gasteiger partial charge in [0.2, 0.25) is 5.82 Å². The van der Waals surface area contributed by atoms with Crippen LogP contribution in [0.1, 0.15) is 11.3 Å². The monoisotopic (exact) mass is 387 g/mol. The van der Waals surface area contributed by atoms with Crippen molar-refractivity contribution in [3.05, 3.63) is 82.5 Å². The molecule has 0 aliphatic rings. The Morgan fingerprint density at radius 2 is 1.90 bits per heavy atom. The van der Waals surface area contributed by atoms with Gasteiger partial charge < -0.3 is 14.1 Å². The van der Waals surface area contributed by atoms with Crippen LogP contribution < -0.4 is 10.5 Å². The SMILES string of the molecule is COc1ccc2c(Cc3ccc(-c4noc(=O)[nH]4)o3)c(-c3ccccc3)[nH]c2c1. The Kier molecular flexibility index (Phi) is 4.05. The first-order chi connectivity index (χ1) is 14.2. The number of hydrogen-bond acceptors (Lipinski definition) is 5. The number of rotatable bonds is 5. The summed E-state index contributed by atoms with van der Waals surface area (Å²) >= 11 is 0. The Labute approximate surface area is 164 Å². The van der Waals surface area contributed by atoms with E-state index in [4.69, 9.17) is 9.15 Å². The fourth-order valence-corrected chi connectivity index (χ4v) is 3.51. The van der Waals surface area contributed by atoms with Gasteiger partial charge in [-0.05, 0) is 35.4 Å². The van der Waals surface area contributed by atoms with Gasteiger partial charge in [0.05, 0.1) is 12.8 Å². The van der Waals surface area contributed by atoms with Gasteiger partial charge in [-0.25, -0.2) is 4.79 Å². The Hall–Kier alpha value is -4.00. The van der Waals surface area contributed by atoms with E-state index < -0.39 is 5.76 Å². The summed E-state index contributed by atoms with van der Waals surface area (Å²) in [6.45, 7) is 0. The molecule has 0 saturated carbocycles. The van der Waals surface area contributed by atoms with E-state index in [1.165, 1.54) is 0 Å². The van der Waals surface area contributed by atoms with E-state index in [9.17, 15) is 4.79 Å². The molecular weight excluding hydrogens is 370 g/mol. The summed E-state index contributed by atoms with van der Waals surface area (Å²) < 4.78 is 15.8. The number of fused-ring (bicyclic) bond motifs is 1. The molecular formula is C22H17N3O4. The van der Waals surface area contributed by atoms with Gasteiger partial charge in [0.25, 0.3) is 0 Å². The van der Waals surface area contributed by atoms with Crippen LogP contribution in [0.25, 0.3) is 33.7 Å². The van der Waals surface area contributed by atoms with Crippen LogP contribution >= 0.6 is 0 Å². The molecule has 5 aromatic rings. The van der Waals surface area contributed by atoms with Crippen LogP contribution in [-0.2, 0) is 6.42 Å². The first-order valence-corrected chi connectivity index (χ1v) is 9.10. The largest absolute Gasteiger partial charge is 0.497 e. The van der Waals surface area contributed by atoms with Crippen molar-refractivity contribution in [3.63, 3.8) is 0 Å². The van der Waals surface area contributed by atoms with Gasteiger partial charge in [0.15, 0.2) is 5.76 Å². The number of aromatic nitrogens is 3. The molecule has 2 N–H and O–H groups in total. The van der Waals surface area contributed by atoms with Gasteiger partial charge in [-0.2, -0.15) is 0 Å². The lowest BCUT2D eigenvalue weighted by atomic mass is 10.0. The van der Waals surface area contributed by atoms with E-state index in [-0.39, 0.29) is 5.82 Å².